The Kier molecular flexibility index (Phi) is 16.9. The average molecular weight is 479 g/mol. The van der Waals surface area contributed by atoms with Crippen LogP contribution in [0.2, 0.25) is 0 Å². The van der Waals surface area contributed by atoms with E-state index >= 15 is 0 Å². The Balaban J connectivity index is 2.10. The van der Waals surface area contributed by atoms with Crippen molar-refractivity contribution in [1.29, 1.82) is 0 Å². The van der Waals surface area contributed by atoms with Crippen LogP contribution in [0.1, 0.15) is 117 Å². The first-order chi connectivity index (χ1) is 16.5. The summed E-state index contributed by atoms with van der Waals surface area (Å²) in [6.45, 7) is 3.80. The van der Waals surface area contributed by atoms with Gasteiger partial charge in [0.05, 0.1) is 0 Å². The summed E-state index contributed by atoms with van der Waals surface area (Å²) in [6, 6.07) is 0. The molecule has 0 aromatic heterocycles. The minimum Gasteiger partial charge on any atom is -0.461 e. The van der Waals surface area contributed by atoms with Crippen LogP contribution < -0.4 is 0 Å². The fourth-order valence-electron chi connectivity index (χ4n) is 3.82. The molecule has 1 aliphatic rings. The van der Waals surface area contributed by atoms with Gasteiger partial charge in [-0.2, -0.15) is 0 Å². The van der Waals surface area contributed by atoms with Crippen LogP contribution in [-0.2, 0) is 28.6 Å². The van der Waals surface area contributed by atoms with Crippen molar-refractivity contribution in [2.24, 2.45) is 0 Å². The van der Waals surface area contributed by atoms with Crippen molar-refractivity contribution in [2.45, 2.75) is 122 Å². The van der Waals surface area contributed by atoms with E-state index in [1.54, 1.807) is 6.92 Å². The molecule has 1 aliphatic heterocycles. The van der Waals surface area contributed by atoms with E-state index in [4.69, 9.17) is 14.2 Å². The Hall–Kier alpha value is -2.11. The predicted molar refractivity (Wildman–Crippen MR) is 134 cm³/mol. The Labute approximate surface area is 206 Å². The molecule has 1 unspecified atom stereocenters. The Morgan fingerprint density at radius 3 is 2.12 bits per heavy atom. The van der Waals surface area contributed by atoms with E-state index in [9.17, 15) is 14.4 Å². The number of rotatable bonds is 19. The first kappa shape index (κ1) is 29.9. The lowest BCUT2D eigenvalue weighted by Gasteiger charge is -2.35. The predicted octanol–water partition coefficient (Wildman–Crippen LogP) is 6.76. The summed E-state index contributed by atoms with van der Waals surface area (Å²) in [7, 11) is 0. The maximum atomic E-state index is 12.2. The summed E-state index contributed by atoms with van der Waals surface area (Å²) >= 11 is 0. The molecule has 0 bridgehead atoms. The first-order valence-corrected chi connectivity index (χ1v) is 13.3. The van der Waals surface area contributed by atoms with Crippen LogP contribution in [0.4, 0.5) is 0 Å². The molecular weight excluding hydrogens is 432 g/mol. The highest BCUT2D eigenvalue weighted by atomic mass is 16.6. The van der Waals surface area contributed by atoms with Gasteiger partial charge >= 0.3 is 17.9 Å². The number of hydrogen-bond acceptors (Lipinski definition) is 6. The molecule has 1 fully saturated rings. The molecule has 0 aliphatic carbocycles. The van der Waals surface area contributed by atoms with Crippen molar-refractivity contribution in [3.63, 3.8) is 0 Å². The highest BCUT2D eigenvalue weighted by Crippen LogP contribution is 2.27. The molecule has 0 saturated carbocycles. The van der Waals surface area contributed by atoms with Gasteiger partial charge in [0.25, 0.3) is 0 Å². The maximum absolute atomic E-state index is 12.2. The smallest absolute Gasteiger partial charge is 0.306 e. The summed E-state index contributed by atoms with van der Waals surface area (Å²) in [5, 5.41) is 0. The van der Waals surface area contributed by atoms with Gasteiger partial charge in [-0.3, -0.25) is 14.4 Å². The SMILES string of the molecule is CCCCC/C=C\C/C=C\CCCCCCCC(=O)OCC1(COC(=O)CC)CCCC(=O)O1. The fourth-order valence-corrected chi connectivity index (χ4v) is 3.82. The molecule has 6 heteroatoms. The normalized spacial score (nSPS) is 18.4. The Morgan fingerprint density at radius 1 is 0.853 bits per heavy atom. The molecule has 0 amide bonds. The van der Waals surface area contributed by atoms with Gasteiger partial charge in [0.15, 0.2) is 5.60 Å². The zero-order valence-electron chi connectivity index (χ0n) is 21.5. The second kappa shape index (κ2) is 19.2. The number of cyclic esters (lactones) is 1. The number of hydrogen-bond donors (Lipinski definition) is 0. The highest BCUT2D eigenvalue weighted by Gasteiger charge is 2.40. The zero-order valence-corrected chi connectivity index (χ0v) is 21.5. The van der Waals surface area contributed by atoms with Crippen molar-refractivity contribution in [1.82, 2.24) is 0 Å². The summed E-state index contributed by atoms with van der Waals surface area (Å²) in [6.07, 6.45) is 23.6. The van der Waals surface area contributed by atoms with Crippen LogP contribution in [0.15, 0.2) is 24.3 Å². The summed E-state index contributed by atoms with van der Waals surface area (Å²) < 4.78 is 16.0. The zero-order chi connectivity index (χ0) is 24.9. The lowest BCUT2D eigenvalue weighted by molar-refractivity contribution is -0.192. The Bertz CT molecular complexity index is 639. The third-order valence-corrected chi connectivity index (χ3v) is 5.96. The van der Waals surface area contributed by atoms with Crippen molar-refractivity contribution >= 4 is 17.9 Å². The van der Waals surface area contributed by atoms with Gasteiger partial charge in [-0.25, -0.2) is 0 Å². The number of ether oxygens (including phenoxy) is 3. The first-order valence-electron chi connectivity index (χ1n) is 13.3. The topological polar surface area (TPSA) is 78.9 Å². The van der Waals surface area contributed by atoms with Crippen molar-refractivity contribution in [3.05, 3.63) is 24.3 Å². The minimum atomic E-state index is -1.05. The number of esters is 3. The molecule has 1 saturated heterocycles. The van der Waals surface area contributed by atoms with Crippen molar-refractivity contribution in [3.8, 4) is 0 Å². The highest BCUT2D eigenvalue weighted by molar-refractivity contribution is 5.72. The number of allylic oxidation sites excluding steroid dienone is 4. The lowest BCUT2D eigenvalue weighted by Crippen LogP contribution is -2.47. The molecule has 0 aromatic rings. The van der Waals surface area contributed by atoms with Crippen molar-refractivity contribution < 1.29 is 28.6 Å². The number of unbranched alkanes of at least 4 members (excludes halogenated alkanes) is 8. The van der Waals surface area contributed by atoms with Gasteiger partial charge in [0.2, 0.25) is 0 Å². The third kappa shape index (κ3) is 14.9. The molecular formula is C28H46O6. The standard InChI is InChI=1S/C28H46O6/c1-3-5-6-7-8-9-10-11-12-13-14-15-16-17-18-20-26(30)33-24-28(23-32-25(29)4-2)22-19-21-27(31)34-28/h8-9,11-12H,3-7,10,13-24H2,1-2H3/b9-8-,12-11-. The van der Waals surface area contributed by atoms with Gasteiger partial charge in [0.1, 0.15) is 13.2 Å². The van der Waals surface area contributed by atoms with Gasteiger partial charge in [0, 0.05) is 19.3 Å². The molecule has 0 N–H and O–H groups in total. The van der Waals surface area contributed by atoms with Gasteiger partial charge in [-0.05, 0) is 51.4 Å². The largest absolute Gasteiger partial charge is 0.461 e. The second-order valence-electron chi connectivity index (χ2n) is 9.17. The van der Waals surface area contributed by atoms with Crippen LogP contribution in [0.3, 0.4) is 0 Å². The molecule has 0 radical (unpaired) electrons. The molecule has 1 rings (SSSR count). The Morgan fingerprint density at radius 2 is 1.47 bits per heavy atom. The van der Waals surface area contributed by atoms with Gasteiger partial charge in [-0.15, -0.1) is 0 Å². The van der Waals surface area contributed by atoms with Crippen LogP contribution in [-0.4, -0.2) is 36.7 Å². The minimum absolute atomic E-state index is 0.0607. The second-order valence-corrected chi connectivity index (χ2v) is 9.17. The van der Waals surface area contributed by atoms with Gasteiger partial charge in [-0.1, -0.05) is 70.3 Å². The van der Waals surface area contributed by atoms with Crippen molar-refractivity contribution in [2.75, 3.05) is 13.2 Å². The summed E-state index contributed by atoms with van der Waals surface area (Å²) in [4.78, 5) is 35.4. The van der Waals surface area contributed by atoms with Crippen LogP contribution >= 0.6 is 0 Å². The third-order valence-electron chi connectivity index (χ3n) is 5.96. The van der Waals surface area contributed by atoms with Crippen LogP contribution in [0.5, 0.6) is 0 Å². The summed E-state index contributed by atoms with van der Waals surface area (Å²) in [5.74, 6) is -1.01. The van der Waals surface area contributed by atoms with E-state index in [1.165, 1.54) is 32.1 Å². The summed E-state index contributed by atoms with van der Waals surface area (Å²) in [5.41, 5.74) is -1.05. The van der Waals surface area contributed by atoms with Crippen LogP contribution in [0, 0.1) is 0 Å². The molecule has 0 aromatic carbocycles. The molecule has 1 heterocycles. The molecule has 1 atom stereocenters. The van der Waals surface area contributed by atoms with Crippen LogP contribution in [0.25, 0.3) is 0 Å². The van der Waals surface area contributed by atoms with E-state index < -0.39 is 5.60 Å². The molecule has 0 spiro atoms. The van der Waals surface area contributed by atoms with E-state index in [0.717, 1.165) is 38.5 Å². The van der Waals surface area contributed by atoms with E-state index in [0.29, 0.717) is 25.7 Å². The van der Waals surface area contributed by atoms with E-state index in [2.05, 4.69) is 31.2 Å². The number of carbonyl (C=O) groups excluding carboxylic acids is 3. The average Bonchev–Trinajstić information content (AvgIpc) is 2.83. The van der Waals surface area contributed by atoms with E-state index in [-0.39, 0.29) is 37.5 Å². The fraction of sp³-hybridized carbons (Fsp3) is 0.750. The van der Waals surface area contributed by atoms with E-state index in [1.807, 2.05) is 0 Å². The molecule has 194 valence electrons. The molecule has 6 nitrogen and oxygen atoms in total. The maximum Gasteiger partial charge on any atom is 0.306 e. The monoisotopic (exact) mass is 478 g/mol. The number of carbonyl (C=O) groups is 3. The lowest BCUT2D eigenvalue weighted by atomic mass is 9.95. The quantitative estimate of drug-likeness (QED) is 0.0883. The molecule has 34 heavy (non-hydrogen) atoms. The van der Waals surface area contributed by atoms with Gasteiger partial charge < -0.3 is 14.2 Å².